The van der Waals surface area contributed by atoms with Gasteiger partial charge >= 0.3 is 5.97 Å². The second-order valence-corrected chi connectivity index (χ2v) is 8.42. The normalized spacial score (nSPS) is 41.4. The van der Waals surface area contributed by atoms with E-state index in [2.05, 4.69) is 11.3 Å². The summed E-state index contributed by atoms with van der Waals surface area (Å²) >= 11 is 1.66. The number of nitrogens with one attached hydrogen (secondary N) is 1. The van der Waals surface area contributed by atoms with Gasteiger partial charge in [0.15, 0.2) is 6.79 Å². The Labute approximate surface area is 116 Å². The monoisotopic (exact) mass is 305 g/mol. The molecule has 19 heavy (non-hydrogen) atoms. The Kier molecular flexibility index (Phi) is 3.16. The average Bonchev–Trinajstić information content (AvgIpc) is 2.91. The molecular formula is C11H15NO5S2. The molecule has 3 heterocycles. The van der Waals surface area contributed by atoms with E-state index in [0.29, 0.717) is 12.0 Å². The summed E-state index contributed by atoms with van der Waals surface area (Å²) in [5.74, 6) is -0.499. The fourth-order valence-electron chi connectivity index (χ4n) is 2.87. The Morgan fingerprint density at radius 3 is 2.95 bits per heavy atom. The fraction of sp³-hybridized carbons (Fsp3) is 0.727. The molecule has 0 amide bonds. The minimum absolute atomic E-state index is 0.0665. The van der Waals surface area contributed by atoms with Crippen LogP contribution < -0.4 is 4.72 Å². The summed E-state index contributed by atoms with van der Waals surface area (Å²) in [6.45, 7) is 4.87. The SMILES string of the molecule is C=C(C)C(=O)OCOC1C2CC3C(S2)C1NS3(=O)=O. The number of thioether (sulfide) groups is 1. The number of carbonyl (C=O) groups is 1. The van der Waals surface area contributed by atoms with Crippen molar-refractivity contribution >= 4 is 27.8 Å². The van der Waals surface area contributed by atoms with Crippen molar-refractivity contribution in [2.75, 3.05) is 6.79 Å². The Morgan fingerprint density at radius 2 is 2.26 bits per heavy atom. The van der Waals surface area contributed by atoms with Crippen LogP contribution in [0.2, 0.25) is 0 Å². The highest BCUT2D eigenvalue weighted by Crippen LogP contribution is 2.53. The standard InChI is InChI=1S/C11H15NO5S2/c1-5(2)11(13)17-4-16-9-6-3-7-10(18-6)8(9)12-19(7,14)15/h6-10,12H,1,3-4H2,2H3. The highest BCUT2D eigenvalue weighted by atomic mass is 32.2. The van der Waals surface area contributed by atoms with Crippen LogP contribution in [0.5, 0.6) is 0 Å². The molecule has 106 valence electrons. The molecule has 2 bridgehead atoms. The highest BCUT2D eigenvalue weighted by molar-refractivity contribution is 8.03. The van der Waals surface area contributed by atoms with Gasteiger partial charge in [0, 0.05) is 16.1 Å². The maximum Gasteiger partial charge on any atom is 0.335 e. The molecule has 3 saturated heterocycles. The van der Waals surface area contributed by atoms with Gasteiger partial charge in [-0.15, -0.1) is 11.8 Å². The van der Waals surface area contributed by atoms with Crippen LogP contribution in [0, 0.1) is 0 Å². The molecule has 0 aromatic rings. The topological polar surface area (TPSA) is 81.7 Å². The van der Waals surface area contributed by atoms with Gasteiger partial charge in [-0.25, -0.2) is 17.9 Å². The molecule has 1 N–H and O–H groups in total. The van der Waals surface area contributed by atoms with Crippen molar-refractivity contribution in [2.45, 2.75) is 41.2 Å². The number of carbonyl (C=O) groups excluding carboxylic acids is 1. The van der Waals surface area contributed by atoms with E-state index in [9.17, 15) is 13.2 Å². The van der Waals surface area contributed by atoms with Gasteiger partial charge in [-0.2, -0.15) is 0 Å². The lowest BCUT2D eigenvalue weighted by molar-refractivity contribution is -0.157. The van der Waals surface area contributed by atoms with Crippen molar-refractivity contribution < 1.29 is 22.7 Å². The minimum atomic E-state index is -3.19. The van der Waals surface area contributed by atoms with Gasteiger partial charge in [0.1, 0.15) is 0 Å². The van der Waals surface area contributed by atoms with E-state index in [1.165, 1.54) is 0 Å². The lowest BCUT2D eigenvalue weighted by Crippen LogP contribution is -2.44. The Hall–Kier alpha value is -0.570. The van der Waals surface area contributed by atoms with Gasteiger partial charge in [0.25, 0.3) is 0 Å². The van der Waals surface area contributed by atoms with Crippen LogP contribution in [0.25, 0.3) is 0 Å². The number of hydrogen-bond donors (Lipinski definition) is 1. The zero-order valence-corrected chi connectivity index (χ0v) is 12.0. The van der Waals surface area contributed by atoms with Crippen LogP contribution >= 0.6 is 11.8 Å². The summed E-state index contributed by atoms with van der Waals surface area (Å²) < 4.78 is 36.7. The van der Waals surface area contributed by atoms with Gasteiger partial charge in [0.2, 0.25) is 10.0 Å². The summed E-state index contributed by atoms with van der Waals surface area (Å²) in [5.41, 5.74) is 0.313. The van der Waals surface area contributed by atoms with Crippen LogP contribution in [0.4, 0.5) is 0 Å². The van der Waals surface area contributed by atoms with Crippen LogP contribution in [-0.4, -0.2) is 49.1 Å². The van der Waals surface area contributed by atoms with Crippen molar-refractivity contribution in [1.82, 2.24) is 4.72 Å². The quantitative estimate of drug-likeness (QED) is 0.447. The number of esters is 1. The molecule has 0 saturated carbocycles. The van der Waals surface area contributed by atoms with E-state index < -0.39 is 16.0 Å². The summed E-state index contributed by atoms with van der Waals surface area (Å²) in [4.78, 5) is 11.2. The summed E-state index contributed by atoms with van der Waals surface area (Å²) in [7, 11) is -3.19. The molecule has 0 spiro atoms. The van der Waals surface area contributed by atoms with E-state index in [-0.39, 0.29) is 34.7 Å². The zero-order chi connectivity index (χ0) is 13.8. The van der Waals surface area contributed by atoms with Crippen molar-refractivity contribution in [3.8, 4) is 0 Å². The molecule has 5 atom stereocenters. The third-order valence-electron chi connectivity index (χ3n) is 3.74. The van der Waals surface area contributed by atoms with Gasteiger partial charge in [-0.1, -0.05) is 6.58 Å². The number of fused-ring (bicyclic) bond motifs is 1. The predicted octanol–water partition coefficient (Wildman–Crippen LogP) is 0.00630. The molecule has 8 heteroatoms. The first-order valence-corrected chi connectivity index (χ1v) is 8.50. The number of rotatable bonds is 4. The largest absolute Gasteiger partial charge is 0.435 e. The highest BCUT2D eigenvalue weighted by Gasteiger charge is 2.63. The second-order valence-electron chi connectivity index (χ2n) is 5.06. The summed E-state index contributed by atoms with van der Waals surface area (Å²) in [6.07, 6.45) is 0.390. The molecule has 3 aliphatic heterocycles. The first kappa shape index (κ1) is 13.4. The molecule has 0 aromatic carbocycles. The first-order chi connectivity index (χ1) is 8.90. The Balaban J connectivity index is 1.60. The smallest absolute Gasteiger partial charge is 0.335 e. The van der Waals surface area contributed by atoms with E-state index in [0.717, 1.165) is 0 Å². The molecule has 3 aliphatic rings. The maximum absolute atomic E-state index is 11.8. The minimum Gasteiger partial charge on any atom is -0.435 e. The van der Waals surface area contributed by atoms with Crippen molar-refractivity contribution in [2.24, 2.45) is 0 Å². The van der Waals surface area contributed by atoms with E-state index in [1.54, 1.807) is 18.7 Å². The number of ether oxygens (including phenoxy) is 2. The number of hydrogen-bond acceptors (Lipinski definition) is 6. The Morgan fingerprint density at radius 1 is 1.53 bits per heavy atom. The lowest BCUT2D eigenvalue weighted by atomic mass is 9.93. The van der Waals surface area contributed by atoms with E-state index in [1.807, 2.05) is 0 Å². The third-order valence-corrected chi connectivity index (χ3v) is 7.54. The van der Waals surface area contributed by atoms with Crippen molar-refractivity contribution in [1.29, 1.82) is 0 Å². The van der Waals surface area contributed by atoms with Crippen LogP contribution in [0.15, 0.2) is 12.2 Å². The average molecular weight is 305 g/mol. The van der Waals surface area contributed by atoms with Gasteiger partial charge in [-0.3, -0.25) is 0 Å². The summed E-state index contributed by atoms with van der Waals surface area (Å²) in [5, 5.41) is -0.0598. The van der Waals surface area contributed by atoms with Gasteiger partial charge in [-0.05, 0) is 13.3 Å². The molecule has 6 nitrogen and oxygen atoms in total. The number of sulfonamides is 1. The molecule has 0 aliphatic carbocycles. The van der Waals surface area contributed by atoms with Crippen LogP contribution in [0.1, 0.15) is 13.3 Å². The lowest BCUT2D eigenvalue weighted by Gasteiger charge is -2.24. The summed E-state index contributed by atoms with van der Waals surface area (Å²) in [6, 6.07) is -0.192. The second kappa shape index (κ2) is 4.47. The van der Waals surface area contributed by atoms with Crippen LogP contribution in [0.3, 0.4) is 0 Å². The molecule has 0 aromatic heterocycles. The van der Waals surface area contributed by atoms with Crippen molar-refractivity contribution in [3.63, 3.8) is 0 Å². The predicted molar refractivity (Wildman–Crippen MR) is 70.1 cm³/mol. The Bertz CT molecular complexity index is 531. The van der Waals surface area contributed by atoms with Gasteiger partial charge in [0.05, 0.1) is 17.4 Å². The van der Waals surface area contributed by atoms with Gasteiger partial charge < -0.3 is 9.47 Å². The van der Waals surface area contributed by atoms with E-state index in [4.69, 9.17) is 9.47 Å². The van der Waals surface area contributed by atoms with Crippen molar-refractivity contribution in [3.05, 3.63) is 12.2 Å². The fourth-order valence-corrected chi connectivity index (χ4v) is 7.33. The maximum atomic E-state index is 11.8. The third kappa shape index (κ3) is 2.10. The zero-order valence-electron chi connectivity index (χ0n) is 10.4. The molecule has 0 radical (unpaired) electrons. The van der Waals surface area contributed by atoms with Crippen LogP contribution in [-0.2, 0) is 24.3 Å². The molecule has 5 unspecified atom stereocenters. The molecular weight excluding hydrogens is 290 g/mol. The first-order valence-electron chi connectivity index (χ1n) is 6.01. The molecule has 3 fully saturated rings. The van der Waals surface area contributed by atoms with E-state index >= 15 is 0 Å². The molecule has 3 rings (SSSR count).